The van der Waals surface area contributed by atoms with Crippen LogP contribution >= 0.6 is 15.9 Å². The molecule has 1 rings (SSSR count). The van der Waals surface area contributed by atoms with Crippen molar-refractivity contribution in [1.82, 2.24) is 0 Å². The Kier molecular flexibility index (Phi) is 4.34. The highest BCUT2D eigenvalue weighted by atomic mass is 79.9. The van der Waals surface area contributed by atoms with E-state index in [0.29, 0.717) is 0 Å². The van der Waals surface area contributed by atoms with Gasteiger partial charge in [0.2, 0.25) is 0 Å². The molecule has 0 amide bonds. The molecule has 0 fully saturated rings. The van der Waals surface area contributed by atoms with Crippen LogP contribution in [-0.4, -0.2) is 5.78 Å². The standard InChI is InChI=1S/C10H10BrN3O/c1-7(15)6-10(13-14-12)8-4-2-3-5-9(8)11/h2-5,10H,6H2,1H3. The number of hydrogen-bond donors (Lipinski definition) is 0. The van der Waals surface area contributed by atoms with E-state index in [1.165, 1.54) is 6.92 Å². The van der Waals surface area contributed by atoms with Crippen LogP contribution in [0.1, 0.15) is 24.9 Å². The summed E-state index contributed by atoms with van der Waals surface area (Å²) in [5, 5.41) is 3.63. The Morgan fingerprint density at radius 3 is 2.80 bits per heavy atom. The maximum absolute atomic E-state index is 11.0. The third-order valence-electron chi connectivity index (χ3n) is 1.94. The van der Waals surface area contributed by atoms with Gasteiger partial charge in [-0.25, -0.2) is 0 Å². The molecule has 1 atom stereocenters. The van der Waals surface area contributed by atoms with Crippen LogP contribution < -0.4 is 0 Å². The first-order valence-corrected chi connectivity index (χ1v) is 5.22. The number of carbonyl (C=O) groups excluding carboxylic acids is 1. The van der Waals surface area contributed by atoms with E-state index in [-0.39, 0.29) is 12.2 Å². The number of hydrogen-bond acceptors (Lipinski definition) is 2. The first-order valence-electron chi connectivity index (χ1n) is 4.43. The van der Waals surface area contributed by atoms with Gasteiger partial charge in [-0.3, -0.25) is 0 Å². The van der Waals surface area contributed by atoms with Crippen molar-refractivity contribution in [3.63, 3.8) is 0 Å². The summed E-state index contributed by atoms with van der Waals surface area (Å²) in [5.41, 5.74) is 9.27. The molecule has 0 heterocycles. The molecule has 1 aromatic rings. The largest absolute Gasteiger partial charge is 0.300 e. The highest BCUT2D eigenvalue weighted by Crippen LogP contribution is 2.28. The molecule has 4 nitrogen and oxygen atoms in total. The predicted octanol–water partition coefficient (Wildman–Crippen LogP) is 3.78. The summed E-state index contributed by atoms with van der Waals surface area (Å²) in [6.45, 7) is 1.48. The smallest absolute Gasteiger partial charge is 0.130 e. The van der Waals surface area contributed by atoms with E-state index >= 15 is 0 Å². The van der Waals surface area contributed by atoms with Crippen LogP contribution in [0.25, 0.3) is 10.4 Å². The van der Waals surface area contributed by atoms with Gasteiger partial charge in [0.05, 0.1) is 6.04 Å². The molecule has 0 bridgehead atoms. The average Bonchev–Trinajstić information content (AvgIpc) is 2.17. The summed E-state index contributed by atoms with van der Waals surface area (Å²) < 4.78 is 0.851. The summed E-state index contributed by atoms with van der Waals surface area (Å²) in [7, 11) is 0. The predicted molar refractivity (Wildman–Crippen MR) is 61.3 cm³/mol. The first kappa shape index (κ1) is 11.8. The molecule has 0 radical (unpaired) electrons. The second-order valence-electron chi connectivity index (χ2n) is 3.15. The Labute approximate surface area is 96.1 Å². The summed E-state index contributed by atoms with van der Waals surface area (Å²) >= 11 is 3.36. The number of Topliss-reactive ketones (excluding diaryl/α,β-unsaturated/α-hetero) is 1. The molecule has 0 aliphatic rings. The van der Waals surface area contributed by atoms with E-state index in [9.17, 15) is 4.79 Å². The first-order chi connectivity index (χ1) is 7.15. The van der Waals surface area contributed by atoms with Crippen LogP contribution in [0.5, 0.6) is 0 Å². The zero-order valence-electron chi connectivity index (χ0n) is 8.22. The Hall–Kier alpha value is -1.32. The Morgan fingerprint density at radius 2 is 2.27 bits per heavy atom. The lowest BCUT2D eigenvalue weighted by Gasteiger charge is -2.11. The van der Waals surface area contributed by atoms with E-state index in [4.69, 9.17) is 5.53 Å². The van der Waals surface area contributed by atoms with Crippen molar-refractivity contribution in [2.45, 2.75) is 19.4 Å². The molecular weight excluding hydrogens is 258 g/mol. The average molecular weight is 268 g/mol. The van der Waals surface area contributed by atoms with Crippen LogP contribution in [0, 0.1) is 0 Å². The summed E-state index contributed by atoms with van der Waals surface area (Å²) in [6, 6.07) is 6.99. The molecule has 0 aromatic heterocycles. The lowest BCUT2D eigenvalue weighted by atomic mass is 10.0. The molecule has 0 aliphatic carbocycles. The second kappa shape index (κ2) is 5.53. The minimum Gasteiger partial charge on any atom is -0.300 e. The molecule has 1 unspecified atom stereocenters. The summed E-state index contributed by atoms with van der Waals surface area (Å²) in [5.74, 6) is 0.00292. The lowest BCUT2D eigenvalue weighted by Crippen LogP contribution is -2.01. The van der Waals surface area contributed by atoms with Crippen molar-refractivity contribution in [1.29, 1.82) is 0 Å². The van der Waals surface area contributed by atoms with E-state index in [0.717, 1.165) is 10.0 Å². The number of rotatable bonds is 4. The van der Waals surface area contributed by atoms with Gasteiger partial charge in [0, 0.05) is 15.8 Å². The fourth-order valence-corrected chi connectivity index (χ4v) is 1.84. The van der Waals surface area contributed by atoms with Gasteiger partial charge in [0.15, 0.2) is 0 Å². The summed E-state index contributed by atoms with van der Waals surface area (Å²) in [4.78, 5) is 13.8. The maximum atomic E-state index is 11.0. The van der Waals surface area contributed by atoms with Crippen molar-refractivity contribution >= 4 is 21.7 Å². The number of azide groups is 1. The SMILES string of the molecule is CC(=O)CC(N=[N+]=[N-])c1ccccc1Br. The van der Waals surface area contributed by atoms with Crippen LogP contribution in [0.2, 0.25) is 0 Å². The van der Waals surface area contributed by atoms with Crippen molar-refractivity contribution in [3.8, 4) is 0 Å². The third-order valence-corrected chi connectivity index (χ3v) is 2.66. The van der Waals surface area contributed by atoms with E-state index in [2.05, 4.69) is 26.0 Å². The molecule has 0 saturated carbocycles. The minimum absolute atomic E-state index is 0.00292. The van der Waals surface area contributed by atoms with Crippen LogP contribution in [0.15, 0.2) is 33.9 Å². The van der Waals surface area contributed by atoms with E-state index in [1.807, 2.05) is 24.3 Å². The third kappa shape index (κ3) is 3.38. The van der Waals surface area contributed by atoms with Gasteiger partial charge < -0.3 is 4.79 Å². The van der Waals surface area contributed by atoms with Crippen LogP contribution in [-0.2, 0) is 4.79 Å². The zero-order valence-corrected chi connectivity index (χ0v) is 9.81. The van der Waals surface area contributed by atoms with Crippen molar-refractivity contribution < 1.29 is 4.79 Å². The van der Waals surface area contributed by atoms with Gasteiger partial charge in [-0.05, 0) is 24.1 Å². The fourth-order valence-electron chi connectivity index (χ4n) is 1.29. The Balaban J connectivity index is 3.03. The monoisotopic (exact) mass is 267 g/mol. The number of carbonyl (C=O) groups is 1. The van der Waals surface area contributed by atoms with Crippen molar-refractivity contribution in [2.24, 2.45) is 5.11 Å². The molecule has 0 saturated heterocycles. The molecule has 1 aromatic carbocycles. The highest BCUT2D eigenvalue weighted by Gasteiger charge is 2.14. The number of benzene rings is 1. The van der Waals surface area contributed by atoms with E-state index in [1.54, 1.807) is 0 Å². The Morgan fingerprint density at radius 1 is 1.60 bits per heavy atom. The van der Waals surface area contributed by atoms with Crippen LogP contribution in [0.4, 0.5) is 0 Å². The molecule has 0 spiro atoms. The fraction of sp³-hybridized carbons (Fsp3) is 0.300. The van der Waals surface area contributed by atoms with E-state index < -0.39 is 6.04 Å². The van der Waals surface area contributed by atoms with Gasteiger partial charge in [-0.15, -0.1) is 0 Å². The Bertz CT molecular complexity index is 413. The molecule has 0 aliphatic heterocycles. The van der Waals surface area contributed by atoms with Gasteiger partial charge in [-0.1, -0.05) is 39.2 Å². The number of halogens is 1. The highest BCUT2D eigenvalue weighted by molar-refractivity contribution is 9.10. The molecular formula is C10H10BrN3O. The topological polar surface area (TPSA) is 65.8 Å². The zero-order chi connectivity index (χ0) is 11.3. The van der Waals surface area contributed by atoms with Gasteiger partial charge >= 0.3 is 0 Å². The second-order valence-corrected chi connectivity index (χ2v) is 4.00. The van der Waals surface area contributed by atoms with Gasteiger partial charge in [-0.2, -0.15) is 0 Å². The lowest BCUT2D eigenvalue weighted by molar-refractivity contribution is -0.117. The number of ketones is 1. The van der Waals surface area contributed by atoms with Gasteiger partial charge in [0.1, 0.15) is 5.78 Å². The maximum Gasteiger partial charge on any atom is 0.130 e. The normalized spacial score (nSPS) is 11.6. The number of nitrogens with zero attached hydrogens (tertiary/aromatic N) is 3. The molecule has 78 valence electrons. The van der Waals surface area contributed by atoms with Crippen LogP contribution in [0.3, 0.4) is 0 Å². The minimum atomic E-state index is -0.428. The molecule has 15 heavy (non-hydrogen) atoms. The van der Waals surface area contributed by atoms with Gasteiger partial charge in [0.25, 0.3) is 0 Å². The quantitative estimate of drug-likeness (QED) is 0.465. The molecule has 0 N–H and O–H groups in total. The van der Waals surface area contributed by atoms with Crippen molar-refractivity contribution in [3.05, 3.63) is 44.7 Å². The summed E-state index contributed by atoms with van der Waals surface area (Å²) in [6.07, 6.45) is 0.229. The van der Waals surface area contributed by atoms with Crippen molar-refractivity contribution in [2.75, 3.05) is 0 Å². The molecule has 5 heteroatoms.